The van der Waals surface area contributed by atoms with Gasteiger partial charge in [-0.05, 0) is 88.3 Å². The van der Waals surface area contributed by atoms with Crippen LogP contribution in [-0.2, 0) is 30.2 Å². The molecule has 4 aliphatic heterocycles. The van der Waals surface area contributed by atoms with Crippen LogP contribution >= 0.6 is 0 Å². The van der Waals surface area contributed by atoms with E-state index in [-0.39, 0.29) is 18.2 Å². The second kappa shape index (κ2) is 8.63. The van der Waals surface area contributed by atoms with Gasteiger partial charge < -0.3 is 28.8 Å². The zero-order valence-electron chi connectivity index (χ0n) is 21.7. The van der Waals surface area contributed by atoms with E-state index in [9.17, 15) is 14.7 Å². The van der Waals surface area contributed by atoms with Crippen LogP contribution in [-0.4, -0.2) is 71.8 Å². The molecule has 4 unspecified atom stereocenters. The van der Waals surface area contributed by atoms with Crippen LogP contribution in [0.5, 0.6) is 11.5 Å². The van der Waals surface area contributed by atoms with Gasteiger partial charge in [-0.2, -0.15) is 0 Å². The minimum absolute atomic E-state index is 0.185. The summed E-state index contributed by atoms with van der Waals surface area (Å²) in [5.41, 5.74) is -0.322. The van der Waals surface area contributed by atoms with E-state index in [2.05, 4.69) is 17.0 Å². The van der Waals surface area contributed by atoms with Gasteiger partial charge in [0.15, 0.2) is 23.2 Å². The number of carboxylic acid groups (broad SMARTS) is 1. The van der Waals surface area contributed by atoms with Crippen LogP contribution in [0.15, 0.2) is 24.0 Å². The maximum atomic E-state index is 14.0. The van der Waals surface area contributed by atoms with Gasteiger partial charge in [0.2, 0.25) is 6.79 Å². The molecule has 1 N–H and O–H groups in total. The van der Waals surface area contributed by atoms with Crippen LogP contribution in [0.1, 0.15) is 69.4 Å². The molecule has 2 saturated heterocycles. The number of hydrogen-bond acceptors (Lipinski definition) is 8. The maximum absolute atomic E-state index is 14.0. The first kappa shape index (κ1) is 24.6. The summed E-state index contributed by atoms with van der Waals surface area (Å²) in [6.45, 7) is 5.79. The number of nitrogens with zero attached hydrogens (tertiary/aromatic N) is 1. The first-order valence-electron chi connectivity index (χ1n) is 13.2. The van der Waals surface area contributed by atoms with Crippen molar-refractivity contribution in [3.63, 3.8) is 0 Å². The normalized spacial score (nSPS) is 33.5. The molecule has 0 radical (unpaired) electrons. The smallest absolute Gasteiger partial charge is 0.339 e. The molecular formula is C28H35NO8. The third kappa shape index (κ3) is 3.89. The topological polar surface area (TPSA) is 104 Å². The summed E-state index contributed by atoms with van der Waals surface area (Å²) >= 11 is 0. The number of esters is 1. The van der Waals surface area contributed by atoms with Gasteiger partial charge in [-0.15, -0.1) is 0 Å². The van der Waals surface area contributed by atoms with Gasteiger partial charge in [0, 0.05) is 6.54 Å². The van der Waals surface area contributed by atoms with Gasteiger partial charge in [0.25, 0.3) is 0 Å². The summed E-state index contributed by atoms with van der Waals surface area (Å²) in [4.78, 5) is 28.3. The van der Waals surface area contributed by atoms with Crippen molar-refractivity contribution in [3.05, 3.63) is 35.1 Å². The van der Waals surface area contributed by atoms with E-state index in [0.29, 0.717) is 24.4 Å². The van der Waals surface area contributed by atoms with Gasteiger partial charge in [-0.1, -0.05) is 0 Å². The zero-order chi connectivity index (χ0) is 26.0. The molecular weight excluding hydrogens is 478 g/mol. The summed E-state index contributed by atoms with van der Waals surface area (Å²) in [5.74, 6) is 0.0737. The number of rotatable bonds is 5. The third-order valence-corrected chi connectivity index (χ3v) is 8.84. The highest BCUT2D eigenvalue weighted by atomic mass is 16.7. The van der Waals surface area contributed by atoms with Gasteiger partial charge in [-0.3, -0.25) is 9.69 Å². The Morgan fingerprint density at radius 1 is 1.11 bits per heavy atom. The molecule has 0 bridgehead atoms. The van der Waals surface area contributed by atoms with Crippen LogP contribution in [0.3, 0.4) is 0 Å². The summed E-state index contributed by atoms with van der Waals surface area (Å²) in [6, 6.07) is 4.09. The molecule has 1 aromatic carbocycles. The Morgan fingerprint density at radius 2 is 1.89 bits per heavy atom. The number of carboxylic acids is 1. The lowest BCUT2D eigenvalue weighted by atomic mass is 9.77. The molecule has 0 aromatic heterocycles. The summed E-state index contributed by atoms with van der Waals surface area (Å²) in [5, 5.41) is 9.72. The van der Waals surface area contributed by atoms with Gasteiger partial charge in [-0.25, -0.2) is 4.79 Å². The molecule has 6 rings (SSSR count). The van der Waals surface area contributed by atoms with E-state index in [1.165, 1.54) is 0 Å². The Labute approximate surface area is 216 Å². The van der Waals surface area contributed by atoms with Crippen molar-refractivity contribution in [2.45, 2.75) is 87.6 Å². The van der Waals surface area contributed by atoms with Crippen LogP contribution in [0.25, 0.3) is 0 Å². The standard InChI is InChI=1S/C28H35NO8/c1-26(2)7-4-9-28(37-26,15-22(30)31)25(32)36-24-21(33-3)14-27-8-5-10-29(27)11-6-17-12-19-20(35-16-34-19)13-18(17)23(24)27/h12-14,23-24H,4-11,15-16H2,1-3H3,(H,30,31). The molecule has 9 heteroatoms. The van der Waals surface area contributed by atoms with Gasteiger partial charge in [0.1, 0.15) is 5.76 Å². The molecule has 37 heavy (non-hydrogen) atoms. The molecule has 1 spiro atoms. The SMILES string of the molecule is COC1=CC23CCCN2CCc2cc4c(cc2C3C1OC(=O)C1(CC(=O)O)CCCC(C)(C)O1)OCO4. The first-order valence-corrected chi connectivity index (χ1v) is 13.2. The van der Waals surface area contributed by atoms with Gasteiger partial charge in [0.05, 0.1) is 30.6 Å². The Hall–Kier alpha value is -2.78. The number of hydrogen-bond donors (Lipinski definition) is 1. The second-order valence-electron chi connectivity index (χ2n) is 11.6. The number of ether oxygens (including phenoxy) is 5. The molecule has 0 amide bonds. The minimum atomic E-state index is -1.54. The van der Waals surface area contributed by atoms with Crippen molar-refractivity contribution in [2.24, 2.45) is 0 Å². The van der Waals surface area contributed by atoms with Gasteiger partial charge >= 0.3 is 11.9 Å². The van der Waals surface area contributed by atoms with Crippen LogP contribution in [0.4, 0.5) is 0 Å². The fourth-order valence-corrected chi connectivity index (χ4v) is 7.33. The van der Waals surface area contributed by atoms with Crippen molar-refractivity contribution >= 4 is 11.9 Å². The fraction of sp³-hybridized carbons (Fsp3) is 0.643. The molecule has 4 atom stereocenters. The maximum Gasteiger partial charge on any atom is 0.339 e. The second-order valence-corrected chi connectivity index (χ2v) is 11.6. The summed E-state index contributed by atoms with van der Waals surface area (Å²) in [7, 11) is 1.60. The van der Waals surface area contributed by atoms with Crippen LogP contribution < -0.4 is 9.47 Å². The van der Waals surface area contributed by atoms with E-state index in [4.69, 9.17) is 23.7 Å². The lowest BCUT2D eigenvalue weighted by Gasteiger charge is -2.44. The summed E-state index contributed by atoms with van der Waals surface area (Å²) in [6.07, 6.45) is 5.51. The number of fused-ring (bicyclic) bond motifs is 3. The number of carbonyl (C=O) groups is 2. The van der Waals surface area contributed by atoms with Crippen molar-refractivity contribution in [2.75, 3.05) is 27.0 Å². The molecule has 1 aliphatic carbocycles. The van der Waals surface area contributed by atoms with Crippen molar-refractivity contribution in [1.82, 2.24) is 4.90 Å². The monoisotopic (exact) mass is 513 g/mol. The van der Waals surface area contributed by atoms with E-state index in [1.54, 1.807) is 7.11 Å². The highest BCUT2D eigenvalue weighted by molar-refractivity contribution is 5.86. The average Bonchev–Trinajstić information content (AvgIpc) is 3.51. The molecule has 2 fully saturated rings. The van der Waals surface area contributed by atoms with E-state index in [0.717, 1.165) is 55.6 Å². The highest BCUT2D eigenvalue weighted by Gasteiger charge is 2.59. The number of methoxy groups -OCH3 is 1. The Kier molecular flexibility index (Phi) is 5.73. The van der Waals surface area contributed by atoms with Crippen LogP contribution in [0.2, 0.25) is 0 Å². The highest BCUT2D eigenvalue weighted by Crippen LogP contribution is 2.56. The molecule has 9 nitrogen and oxygen atoms in total. The fourth-order valence-electron chi connectivity index (χ4n) is 7.33. The van der Waals surface area contributed by atoms with E-state index in [1.807, 2.05) is 19.9 Å². The number of carbonyl (C=O) groups excluding carboxylic acids is 1. The molecule has 0 saturated carbocycles. The predicted molar refractivity (Wildman–Crippen MR) is 132 cm³/mol. The summed E-state index contributed by atoms with van der Waals surface area (Å²) < 4.78 is 29.8. The van der Waals surface area contributed by atoms with Crippen molar-refractivity contribution < 1.29 is 38.4 Å². The van der Waals surface area contributed by atoms with E-state index < -0.39 is 35.7 Å². The Bertz CT molecular complexity index is 1160. The Morgan fingerprint density at radius 3 is 2.62 bits per heavy atom. The predicted octanol–water partition coefficient (Wildman–Crippen LogP) is 3.54. The molecule has 4 heterocycles. The largest absolute Gasteiger partial charge is 0.497 e. The first-order chi connectivity index (χ1) is 17.7. The Balaban J connectivity index is 1.42. The molecule has 5 aliphatic rings. The lowest BCUT2D eigenvalue weighted by molar-refractivity contribution is -0.216. The average molecular weight is 514 g/mol. The van der Waals surface area contributed by atoms with Crippen molar-refractivity contribution in [1.29, 1.82) is 0 Å². The quantitative estimate of drug-likeness (QED) is 0.592. The van der Waals surface area contributed by atoms with Crippen molar-refractivity contribution in [3.8, 4) is 11.5 Å². The lowest BCUT2D eigenvalue weighted by Crippen LogP contribution is -2.54. The third-order valence-electron chi connectivity index (χ3n) is 8.84. The van der Waals surface area contributed by atoms with Crippen LogP contribution in [0, 0.1) is 0 Å². The van der Waals surface area contributed by atoms with E-state index >= 15 is 0 Å². The molecule has 1 aromatic rings. The zero-order valence-corrected chi connectivity index (χ0v) is 21.7. The number of aliphatic carboxylic acids is 1. The minimum Gasteiger partial charge on any atom is -0.497 e. The molecule has 200 valence electrons. The number of benzene rings is 1.